The minimum Gasteiger partial charge on any atom is -0.459 e. The number of nitrogens with zero attached hydrogens (tertiary/aromatic N) is 5. The Labute approximate surface area is 249 Å². The predicted octanol–water partition coefficient (Wildman–Crippen LogP) is 3.53. The van der Waals surface area contributed by atoms with Crippen molar-refractivity contribution in [1.82, 2.24) is 19.5 Å². The van der Waals surface area contributed by atoms with Crippen LogP contribution in [0.1, 0.15) is 66.7 Å². The van der Waals surface area contributed by atoms with Crippen molar-refractivity contribution in [3.05, 3.63) is 52.3 Å². The number of carbonyl (C=O) groups is 3. The number of esters is 1. The molecule has 2 aliphatic rings. The molecular formula is C28H33ClN6O6S. The Morgan fingerprint density at radius 1 is 1.14 bits per heavy atom. The number of anilines is 2. The van der Waals surface area contributed by atoms with E-state index in [4.69, 9.17) is 26.4 Å². The van der Waals surface area contributed by atoms with Crippen molar-refractivity contribution in [3.63, 3.8) is 0 Å². The highest BCUT2D eigenvalue weighted by atomic mass is 35.5. The summed E-state index contributed by atoms with van der Waals surface area (Å²) in [4.78, 5) is 45.5. The number of halogens is 1. The zero-order valence-corrected chi connectivity index (χ0v) is 25.2. The summed E-state index contributed by atoms with van der Waals surface area (Å²) in [6, 6.07) is 6.04. The average Bonchev–Trinajstić information content (AvgIpc) is 3.31. The van der Waals surface area contributed by atoms with E-state index >= 15 is 0 Å². The Balaban J connectivity index is 1.35. The number of nitrogens with one attached hydrogen (secondary N) is 1. The molecule has 0 saturated carbocycles. The smallest absolute Gasteiger partial charge is 0.306 e. The van der Waals surface area contributed by atoms with Gasteiger partial charge >= 0.3 is 5.97 Å². The van der Waals surface area contributed by atoms with Gasteiger partial charge in [0, 0.05) is 35.8 Å². The molecule has 2 aliphatic heterocycles. The normalized spacial score (nSPS) is 17.7. The molecule has 0 bridgehead atoms. The van der Waals surface area contributed by atoms with E-state index in [0.717, 1.165) is 30.5 Å². The molecule has 1 atom stereocenters. The summed E-state index contributed by atoms with van der Waals surface area (Å²) in [5.74, 6) is 0.00468. The predicted molar refractivity (Wildman–Crippen MR) is 157 cm³/mol. The number of hydrogen-bond donors (Lipinski definition) is 1. The van der Waals surface area contributed by atoms with Crippen molar-refractivity contribution in [1.29, 1.82) is 0 Å². The molecule has 2 fully saturated rings. The molecule has 3 aromatic rings. The van der Waals surface area contributed by atoms with Crippen LogP contribution >= 0.6 is 11.6 Å². The average molecular weight is 617 g/mol. The standard InChI is InChI=1S/C28H33ClN6O6S/c1-17-14-35-25(30-27(17)33-15-20(16-33)41-26(37)10-7-18(2)36)13-23(31-35)24-6-4-5-11-34(24)28(38)21-12-19(29)8-9-22(21)32-42(3,39)40/h8-9,12-14,20,24,32H,4-7,10-11,15-16H2,1-3H3/t24-/m0/s1. The number of sulfonamides is 1. The molecule has 5 rings (SSSR count). The van der Waals surface area contributed by atoms with Crippen molar-refractivity contribution in [3.8, 4) is 0 Å². The first kappa shape index (κ1) is 29.8. The van der Waals surface area contributed by atoms with Crippen molar-refractivity contribution < 1.29 is 27.5 Å². The van der Waals surface area contributed by atoms with Crippen molar-refractivity contribution in [2.75, 3.05) is 35.5 Å². The second-order valence-corrected chi connectivity index (χ2v) is 13.1. The van der Waals surface area contributed by atoms with Gasteiger partial charge in [-0.2, -0.15) is 5.10 Å². The molecule has 0 aliphatic carbocycles. The molecule has 0 spiro atoms. The van der Waals surface area contributed by atoms with E-state index in [0.29, 0.717) is 42.4 Å². The first-order valence-electron chi connectivity index (χ1n) is 13.8. The molecule has 0 radical (unpaired) electrons. The molecule has 224 valence electrons. The summed E-state index contributed by atoms with van der Waals surface area (Å²) in [7, 11) is -3.62. The van der Waals surface area contributed by atoms with Gasteiger partial charge in [0.15, 0.2) is 5.65 Å². The van der Waals surface area contributed by atoms with E-state index in [1.165, 1.54) is 25.1 Å². The molecule has 1 aromatic carbocycles. The topological polar surface area (TPSA) is 143 Å². The summed E-state index contributed by atoms with van der Waals surface area (Å²) < 4.78 is 33.4. The van der Waals surface area contributed by atoms with Gasteiger partial charge in [0.05, 0.1) is 48.8 Å². The number of hydrogen-bond acceptors (Lipinski definition) is 9. The highest BCUT2D eigenvalue weighted by molar-refractivity contribution is 7.92. The summed E-state index contributed by atoms with van der Waals surface area (Å²) in [5.41, 5.74) is 2.55. The Hall–Kier alpha value is -3.71. The lowest BCUT2D eigenvalue weighted by atomic mass is 9.98. The van der Waals surface area contributed by atoms with E-state index in [9.17, 15) is 22.8 Å². The zero-order valence-electron chi connectivity index (χ0n) is 23.7. The number of likely N-dealkylation sites (tertiary alicyclic amines) is 1. The number of rotatable bonds is 9. The number of aryl methyl sites for hydroxylation is 1. The fourth-order valence-electron chi connectivity index (χ4n) is 5.33. The molecule has 2 aromatic heterocycles. The third kappa shape index (κ3) is 6.67. The lowest BCUT2D eigenvalue weighted by molar-refractivity contribution is -0.151. The van der Waals surface area contributed by atoms with Crippen LogP contribution in [-0.2, 0) is 24.3 Å². The van der Waals surface area contributed by atoms with Crippen LogP contribution in [0.2, 0.25) is 5.02 Å². The molecule has 1 N–H and O–H groups in total. The van der Waals surface area contributed by atoms with Crippen LogP contribution in [0.15, 0.2) is 30.5 Å². The molecular weight excluding hydrogens is 584 g/mol. The molecule has 12 nitrogen and oxygen atoms in total. The number of fused-ring (bicyclic) bond motifs is 1. The second-order valence-electron chi connectivity index (χ2n) is 10.9. The van der Waals surface area contributed by atoms with Crippen LogP contribution in [0, 0.1) is 6.92 Å². The molecule has 14 heteroatoms. The van der Waals surface area contributed by atoms with Gasteiger partial charge < -0.3 is 19.3 Å². The quantitative estimate of drug-likeness (QED) is 0.357. The van der Waals surface area contributed by atoms with Gasteiger partial charge in [-0.15, -0.1) is 0 Å². The van der Waals surface area contributed by atoms with Gasteiger partial charge in [-0.3, -0.25) is 14.3 Å². The third-order valence-electron chi connectivity index (χ3n) is 7.36. The van der Waals surface area contributed by atoms with Gasteiger partial charge in [-0.05, 0) is 51.3 Å². The molecule has 2 saturated heterocycles. The van der Waals surface area contributed by atoms with Crippen molar-refractivity contribution >= 4 is 56.4 Å². The van der Waals surface area contributed by atoms with Crippen LogP contribution < -0.4 is 9.62 Å². The first-order chi connectivity index (χ1) is 19.9. The Morgan fingerprint density at radius 3 is 2.62 bits per heavy atom. The lowest BCUT2D eigenvalue weighted by Crippen LogP contribution is -2.53. The summed E-state index contributed by atoms with van der Waals surface area (Å²) >= 11 is 6.20. The van der Waals surface area contributed by atoms with Crippen LogP contribution in [0.5, 0.6) is 0 Å². The summed E-state index contributed by atoms with van der Waals surface area (Å²) in [6.45, 7) is 4.88. The number of ketones is 1. The van der Waals surface area contributed by atoms with E-state index in [2.05, 4.69) is 4.72 Å². The fourth-order valence-corrected chi connectivity index (χ4v) is 6.08. The van der Waals surface area contributed by atoms with Crippen LogP contribution in [0.25, 0.3) is 5.65 Å². The second kappa shape index (κ2) is 11.9. The number of ether oxygens (including phenoxy) is 1. The Kier molecular flexibility index (Phi) is 8.42. The van der Waals surface area contributed by atoms with Crippen LogP contribution in [-0.4, -0.2) is 77.6 Å². The molecule has 4 heterocycles. The largest absolute Gasteiger partial charge is 0.459 e. The number of piperidine rings is 1. The van der Waals surface area contributed by atoms with E-state index < -0.39 is 10.0 Å². The zero-order chi connectivity index (χ0) is 30.2. The Morgan fingerprint density at radius 2 is 1.90 bits per heavy atom. The lowest BCUT2D eigenvalue weighted by Gasteiger charge is -2.39. The highest BCUT2D eigenvalue weighted by Gasteiger charge is 2.34. The highest BCUT2D eigenvalue weighted by Crippen LogP contribution is 2.34. The SMILES string of the molecule is CC(=O)CCC(=O)OC1CN(c2nc3cc([C@@H]4CCCCN4C(=O)c4cc(Cl)ccc4NS(C)(=O)=O)nn3cc2C)C1. The van der Waals surface area contributed by atoms with Crippen molar-refractivity contribution in [2.24, 2.45) is 0 Å². The number of benzene rings is 1. The van der Waals surface area contributed by atoms with Gasteiger partial charge in [-0.1, -0.05) is 11.6 Å². The van der Waals surface area contributed by atoms with Crippen LogP contribution in [0.3, 0.4) is 0 Å². The monoisotopic (exact) mass is 616 g/mol. The number of Topliss-reactive ketones (excluding diaryl/α,β-unsaturated/α-hetero) is 1. The number of aromatic nitrogens is 3. The van der Waals surface area contributed by atoms with Gasteiger partial charge in [0.2, 0.25) is 10.0 Å². The maximum Gasteiger partial charge on any atom is 0.306 e. The maximum absolute atomic E-state index is 13.8. The van der Waals surface area contributed by atoms with Crippen LogP contribution in [0.4, 0.5) is 11.5 Å². The minimum absolute atomic E-state index is 0.0469. The number of amides is 1. The first-order valence-corrected chi connectivity index (χ1v) is 16.0. The summed E-state index contributed by atoms with van der Waals surface area (Å²) in [6.07, 6.45) is 5.33. The Bertz CT molecular complexity index is 1650. The number of carbonyl (C=O) groups excluding carboxylic acids is 3. The van der Waals surface area contributed by atoms with E-state index in [-0.39, 0.29) is 53.9 Å². The summed E-state index contributed by atoms with van der Waals surface area (Å²) in [5, 5.41) is 5.09. The van der Waals surface area contributed by atoms with E-state index in [1.54, 1.807) is 9.42 Å². The molecule has 1 amide bonds. The van der Waals surface area contributed by atoms with Gasteiger partial charge in [0.25, 0.3) is 5.91 Å². The van der Waals surface area contributed by atoms with Gasteiger partial charge in [0.1, 0.15) is 17.7 Å². The van der Waals surface area contributed by atoms with Crippen molar-refractivity contribution in [2.45, 2.75) is 58.1 Å². The maximum atomic E-state index is 13.8. The molecule has 42 heavy (non-hydrogen) atoms. The minimum atomic E-state index is -3.62. The molecule has 0 unspecified atom stereocenters. The third-order valence-corrected chi connectivity index (χ3v) is 8.19. The van der Waals surface area contributed by atoms with E-state index in [1.807, 2.05) is 24.1 Å². The fraction of sp³-hybridized carbons (Fsp3) is 0.464. The van der Waals surface area contributed by atoms with Gasteiger partial charge in [-0.25, -0.2) is 17.9 Å².